The van der Waals surface area contributed by atoms with Gasteiger partial charge in [-0.3, -0.25) is 14.4 Å². The maximum atomic E-state index is 13.8. The Hall–Kier alpha value is -4.00. The molecule has 0 aliphatic carbocycles. The molecule has 13 nitrogen and oxygen atoms in total. The van der Waals surface area contributed by atoms with E-state index in [0.29, 0.717) is 30.9 Å². The molecule has 2 heterocycles. The Morgan fingerprint density at radius 3 is 2.65 bits per heavy atom. The largest absolute Gasteiger partial charge is 0.463 e. The zero-order valence-electron chi connectivity index (χ0n) is 22.9. The third-order valence-electron chi connectivity index (χ3n) is 6.37. The number of H-pyrrole nitrogens is 1. The zero-order chi connectivity index (χ0) is 29.4. The first kappa shape index (κ1) is 30.5. The van der Waals surface area contributed by atoms with E-state index >= 15 is 0 Å². The highest BCUT2D eigenvalue weighted by molar-refractivity contribution is 6.33. The summed E-state index contributed by atoms with van der Waals surface area (Å²) in [6.07, 6.45) is 3.95. The summed E-state index contributed by atoms with van der Waals surface area (Å²) in [7, 11) is 0. The third-order valence-corrected chi connectivity index (χ3v) is 6.70. The van der Waals surface area contributed by atoms with E-state index in [9.17, 15) is 19.2 Å². The monoisotopic (exact) mass is 574 g/mol. The standard InChI is InChI=1S/C26H35ClN8O5/c1-5-40-21(36)11-9-16(14-20-31-33-34-32-20)29-24(38)19-7-6-12-35(19)25(39)22(26(2,3)4)30-23(37)15-8-10-18(28)17(27)13-15/h8-11,13,16,19,22H,5-7,12,14,28H2,1-4H3,(H,29,38)(H,30,37)(H,31,32,33,34)/b11-9+/t16-,19-,22+/m1/s1. The van der Waals surface area contributed by atoms with Gasteiger partial charge < -0.3 is 26.0 Å². The molecule has 1 aliphatic rings. The number of tetrazole rings is 1. The van der Waals surface area contributed by atoms with Crippen LogP contribution in [0.3, 0.4) is 0 Å². The molecule has 216 valence electrons. The van der Waals surface area contributed by atoms with Gasteiger partial charge >= 0.3 is 5.97 Å². The molecule has 14 heteroatoms. The number of carbonyl (C=O) groups excluding carboxylic acids is 4. The molecule has 2 aromatic rings. The summed E-state index contributed by atoms with van der Waals surface area (Å²) in [6, 6.07) is 2.14. The number of aromatic nitrogens is 4. The Bertz CT molecular complexity index is 1240. The van der Waals surface area contributed by atoms with Crippen LogP contribution in [-0.2, 0) is 25.5 Å². The molecule has 1 aromatic carbocycles. The molecule has 3 atom stereocenters. The number of amides is 3. The van der Waals surface area contributed by atoms with E-state index in [4.69, 9.17) is 22.1 Å². The number of nitrogen functional groups attached to an aromatic ring is 1. The second-order valence-electron chi connectivity index (χ2n) is 10.5. The third kappa shape index (κ3) is 8.01. The number of nitrogens with zero attached hydrogens (tertiary/aromatic N) is 4. The van der Waals surface area contributed by atoms with Crippen LogP contribution in [0.15, 0.2) is 30.4 Å². The predicted molar refractivity (Wildman–Crippen MR) is 147 cm³/mol. The summed E-state index contributed by atoms with van der Waals surface area (Å²) in [4.78, 5) is 53.6. The van der Waals surface area contributed by atoms with Crippen LogP contribution in [0.4, 0.5) is 5.69 Å². The quantitative estimate of drug-likeness (QED) is 0.185. The second kappa shape index (κ2) is 13.4. The molecule has 40 heavy (non-hydrogen) atoms. The number of nitrogens with one attached hydrogen (secondary N) is 3. The Labute approximate surface area is 237 Å². The van der Waals surface area contributed by atoms with E-state index in [1.807, 2.05) is 20.8 Å². The van der Waals surface area contributed by atoms with Crippen LogP contribution in [0, 0.1) is 5.41 Å². The normalized spacial score (nSPS) is 16.9. The van der Waals surface area contributed by atoms with Gasteiger partial charge in [0.2, 0.25) is 11.8 Å². The van der Waals surface area contributed by atoms with Crippen LogP contribution >= 0.6 is 11.6 Å². The van der Waals surface area contributed by atoms with Crippen LogP contribution in [-0.4, -0.2) is 80.5 Å². The van der Waals surface area contributed by atoms with E-state index < -0.39 is 41.3 Å². The van der Waals surface area contributed by atoms with Gasteiger partial charge in [-0.15, -0.1) is 5.10 Å². The van der Waals surface area contributed by atoms with Crippen molar-refractivity contribution in [2.24, 2.45) is 5.41 Å². The lowest BCUT2D eigenvalue weighted by Gasteiger charge is -2.35. The molecule has 1 saturated heterocycles. The topological polar surface area (TPSA) is 185 Å². The van der Waals surface area contributed by atoms with Gasteiger partial charge in [0, 0.05) is 24.6 Å². The summed E-state index contributed by atoms with van der Waals surface area (Å²) < 4.78 is 4.93. The molecule has 1 fully saturated rings. The lowest BCUT2D eigenvalue weighted by molar-refractivity contribution is -0.142. The van der Waals surface area contributed by atoms with Crippen molar-refractivity contribution in [3.63, 3.8) is 0 Å². The highest BCUT2D eigenvalue weighted by Crippen LogP contribution is 2.27. The molecular weight excluding hydrogens is 540 g/mol. The number of ether oxygens (including phenoxy) is 1. The van der Waals surface area contributed by atoms with Crippen molar-refractivity contribution in [1.82, 2.24) is 36.2 Å². The number of rotatable bonds is 10. The number of likely N-dealkylation sites (tertiary alicyclic amines) is 1. The van der Waals surface area contributed by atoms with Gasteiger partial charge in [0.25, 0.3) is 5.91 Å². The summed E-state index contributed by atoms with van der Waals surface area (Å²) in [6.45, 7) is 7.75. The Balaban J connectivity index is 1.77. The van der Waals surface area contributed by atoms with E-state index in [1.165, 1.54) is 35.3 Å². The van der Waals surface area contributed by atoms with Gasteiger partial charge in [0.1, 0.15) is 12.1 Å². The average molecular weight is 575 g/mol. The molecule has 0 radical (unpaired) electrons. The number of halogens is 1. The smallest absolute Gasteiger partial charge is 0.330 e. The van der Waals surface area contributed by atoms with Gasteiger partial charge in [-0.1, -0.05) is 38.4 Å². The first-order valence-electron chi connectivity index (χ1n) is 12.9. The molecule has 0 spiro atoms. The van der Waals surface area contributed by atoms with Crippen LogP contribution in [0.1, 0.15) is 56.7 Å². The highest BCUT2D eigenvalue weighted by Gasteiger charge is 2.42. The number of carbonyl (C=O) groups is 4. The molecule has 3 rings (SSSR count). The molecule has 1 aromatic heterocycles. The van der Waals surface area contributed by atoms with Crippen molar-refractivity contribution < 1.29 is 23.9 Å². The fourth-order valence-corrected chi connectivity index (χ4v) is 4.49. The minimum Gasteiger partial charge on any atom is -0.463 e. The van der Waals surface area contributed by atoms with Gasteiger partial charge in [-0.05, 0) is 53.8 Å². The van der Waals surface area contributed by atoms with Crippen molar-refractivity contribution >= 4 is 41.0 Å². The van der Waals surface area contributed by atoms with Gasteiger partial charge in [-0.25, -0.2) is 9.89 Å². The van der Waals surface area contributed by atoms with Crippen LogP contribution in [0.25, 0.3) is 0 Å². The first-order chi connectivity index (χ1) is 18.9. The summed E-state index contributed by atoms with van der Waals surface area (Å²) in [5.41, 5.74) is 5.68. The predicted octanol–water partition coefficient (Wildman–Crippen LogP) is 1.42. The van der Waals surface area contributed by atoms with E-state index in [0.717, 1.165) is 0 Å². The molecular formula is C26H35ClN8O5. The molecule has 0 bridgehead atoms. The zero-order valence-corrected chi connectivity index (χ0v) is 23.7. The van der Waals surface area contributed by atoms with Crippen molar-refractivity contribution in [3.05, 3.63) is 46.8 Å². The average Bonchev–Trinajstić information content (AvgIpc) is 3.59. The summed E-state index contributed by atoms with van der Waals surface area (Å²) in [5.74, 6) is -1.42. The van der Waals surface area contributed by atoms with E-state index in [2.05, 4.69) is 31.3 Å². The van der Waals surface area contributed by atoms with Gasteiger partial charge in [0.15, 0.2) is 5.82 Å². The Morgan fingerprint density at radius 1 is 1.27 bits per heavy atom. The van der Waals surface area contributed by atoms with Crippen LogP contribution < -0.4 is 16.4 Å². The fraction of sp³-hybridized carbons (Fsp3) is 0.500. The molecule has 0 saturated carbocycles. The van der Waals surface area contributed by atoms with E-state index in [-0.39, 0.29) is 29.5 Å². The molecule has 5 N–H and O–H groups in total. The summed E-state index contributed by atoms with van der Waals surface area (Å²) >= 11 is 6.08. The number of aromatic amines is 1. The van der Waals surface area contributed by atoms with Crippen LogP contribution in [0.5, 0.6) is 0 Å². The SMILES string of the molecule is CCOC(=O)/C=C/[C@H](Cc1nnn[nH]1)NC(=O)[C@H]1CCCN1C(=O)[C@H](NC(=O)c1ccc(N)c(Cl)c1)C(C)(C)C. The fourth-order valence-electron chi connectivity index (χ4n) is 4.31. The number of nitrogens with two attached hydrogens (primary N) is 1. The maximum absolute atomic E-state index is 13.8. The molecule has 1 aliphatic heterocycles. The number of hydrogen-bond acceptors (Lipinski definition) is 9. The van der Waals surface area contributed by atoms with Crippen molar-refractivity contribution in [3.8, 4) is 0 Å². The molecule has 3 amide bonds. The van der Waals surface area contributed by atoms with Crippen LogP contribution in [0.2, 0.25) is 5.02 Å². The Kier molecular flexibility index (Phi) is 10.2. The maximum Gasteiger partial charge on any atom is 0.330 e. The highest BCUT2D eigenvalue weighted by atomic mass is 35.5. The van der Waals surface area contributed by atoms with Crippen molar-refractivity contribution in [1.29, 1.82) is 0 Å². The number of anilines is 1. The second-order valence-corrected chi connectivity index (χ2v) is 10.9. The lowest BCUT2D eigenvalue weighted by Crippen LogP contribution is -2.58. The summed E-state index contributed by atoms with van der Waals surface area (Å²) in [5, 5.41) is 19.5. The van der Waals surface area contributed by atoms with Gasteiger partial charge in [-0.2, -0.15) is 0 Å². The lowest BCUT2D eigenvalue weighted by atomic mass is 9.85. The van der Waals surface area contributed by atoms with E-state index in [1.54, 1.807) is 6.92 Å². The number of esters is 1. The Morgan fingerprint density at radius 2 is 2.02 bits per heavy atom. The minimum atomic E-state index is -0.926. The number of hydrogen-bond donors (Lipinski definition) is 4. The van der Waals surface area contributed by atoms with Crippen molar-refractivity contribution in [2.45, 2.75) is 65.1 Å². The minimum absolute atomic E-state index is 0.181. The molecule has 0 unspecified atom stereocenters. The van der Waals surface area contributed by atoms with Gasteiger partial charge in [0.05, 0.1) is 23.4 Å². The first-order valence-corrected chi connectivity index (χ1v) is 13.3. The van der Waals surface area contributed by atoms with Crippen molar-refractivity contribution in [2.75, 3.05) is 18.9 Å². The number of benzene rings is 1.